The van der Waals surface area contributed by atoms with Crippen LogP contribution in [0.4, 0.5) is 0 Å². The predicted octanol–water partition coefficient (Wildman–Crippen LogP) is 4.64. The summed E-state index contributed by atoms with van der Waals surface area (Å²) in [5.41, 5.74) is 12.3. The quantitative estimate of drug-likeness (QED) is 0.889. The standard InChI is InChI=1S/C23H27NO/c1-3-23(24,4-2)20-13-12-15-9-7-11-18-21(15)19(20)14-16-8-5-6-10-17(16)22(18)25/h5-11,19-20H,3-4,12-14,24H2,1-2H3. The first-order valence-corrected chi connectivity index (χ1v) is 9.62. The normalized spacial score (nSPS) is 22.1. The van der Waals surface area contributed by atoms with Crippen LogP contribution >= 0.6 is 0 Å². The van der Waals surface area contributed by atoms with E-state index in [1.807, 2.05) is 24.3 Å². The van der Waals surface area contributed by atoms with Crippen LogP contribution in [0.1, 0.15) is 71.6 Å². The highest BCUT2D eigenvalue weighted by Crippen LogP contribution is 2.48. The van der Waals surface area contributed by atoms with Crippen LogP contribution in [0.2, 0.25) is 0 Å². The number of nitrogens with two attached hydrogens (primary N) is 1. The average molecular weight is 333 g/mol. The highest BCUT2D eigenvalue weighted by molar-refractivity contribution is 6.11. The summed E-state index contributed by atoms with van der Waals surface area (Å²) in [7, 11) is 0. The van der Waals surface area contributed by atoms with Crippen LogP contribution in [0.25, 0.3) is 0 Å². The van der Waals surface area contributed by atoms with Crippen LogP contribution in [-0.2, 0) is 12.8 Å². The molecule has 0 amide bonds. The van der Waals surface area contributed by atoms with Gasteiger partial charge in [-0.05, 0) is 60.6 Å². The zero-order chi connectivity index (χ0) is 17.6. The molecular formula is C23H27NO. The van der Waals surface area contributed by atoms with Crippen molar-refractivity contribution in [1.29, 1.82) is 0 Å². The fourth-order valence-corrected chi connectivity index (χ4v) is 5.19. The van der Waals surface area contributed by atoms with E-state index in [1.165, 1.54) is 16.7 Å². The van der Waals surface area contributed by atoms with E-state index in [0.717, 1.165) is 43.2 Å². The molecule has 2 nitrogen and oxygen atoms in total. The number of fused-ring (bicyclic) bond motifs is 1. The summed E-state index contributed by atoms with van der Waals surface area (Å²) in [5.74, 6) is 0.957. The SMILES string of the molecule is CCC(N)(CC)C1CCc2cccc3c2C1Cc1ccccc1C3=O. The summed E-state index contributed by atoms with van der Waals surface area (Å²) in [5, 5.41) is 0. The van der Waals surface area contributed by atoms with Crippen LogP contribution in [0.15, 0.2) is 42.5 Å². The molecule has 4 rings (SSSR count). The van der Waals surface area contributed by atoms with E-state index in [9.17, 15) is 4.79 Å². The van der Waals surface area contributed by atoms with Crippen molar-refractivity contribution in [1.82, 2.24) is 0 Å². The lowest BCUT2D eigenvalue weighted by molar-refractivity contribution is 0.103. The molecule has 0 fully saturated rings. The third kappa shape index (κ3) is 2.46. The van der Waals surface area contributed by atoms with E-state index in [-0.39, 0.29) is 11.3 Å². The van der Waals surface area contributed by atoms with Crippen molar-refractivity contribution in [3.8, 4) is 0 Å². The Balaban J connectivity index is 1.93. The maximum absolute atomic E-state index is 13.2. The highest BCUT2D eigenvalue weighted by atomic mass is 16.1. The van der Waals surface area contributed by atoms with E-state index in [4.69, 9.17) is 5.73 Å². The molecule has 0 radical (unpaired) electrons. The van der Waals surface area contributed by atoms with Crippen molar-refractivity contribution in [2.75, 3.05) is 0 Å². The molecule has 2 atom stereocenters. The summed E-state index contributed by atoms with van der Waals surface area (Å²) < 4.78 is 0. The van der Waals surface area contributed by atoms with Crippen LogP contribution in [0, 0.1) is 5.92 Å². The maximum Gasteiger partial charge on any atom is 0.193 e. The van der Waals surface area contributed by atoms with Gasteiger partial charge in [0.1, 0.15) is 0 Å². The van der Waals surface area contributed by atoms with Gasteiger partial charge in [0.2, 0.25) is 0 Å². The minimum absolute atomic E-state index is 0.155. The Labute approximate surface area is 150 Å². The molecule has 0 bridgehead atoms. The van der Waals surface area contributed by atoms with Crippen LogP contribution in [0.3, 0.4) is 0 Å². The number of benzene rings is 2. The summed E-state index contributed by atoms with van der Waals surface area (Å²) in [6, 6.07) is 14.4. The Morgan fingerprint density at radius 3 is 2.44 bits per heavy atom. The average Bonchev–Trinajstić information content (AvgIpc) is 2.78. The minimum atomic E-state index is -0.155. The first kappa shape index (κ1) is 16.5. The number of ketones is 1. The highest BCUT2D eigenvalue weighted by Gasteiger charge is 2.43. The zero-order valence-corrected chi connectivity index (χ0v) is 15.2. The molecule has 25 heavy (non-hydrogen) atoms. The molecule has 2 aromatic carbocycles. The Bertz CT molecular complexity index is 819. The Hall–Kier alpha value is -1.93. The van der Waals surface area contributed by atoms with Gasteiger partial charge >= 0.3 is 0 Å². The van der Waals surface area contributed by atoms with Gasteiger partial charge in [0.25, 0.3) is 0 Å². The zero-order valence-electron chi connectivity index (χ0n) is 15.2. The Morgan fingerprint density at radius 2 is 1.68 bits per heavy atom. The van der Waals surface area contributed by atoms with E-state index in [1.54, 1.807) is 0 Å². The van der Waals surface area contributed by atoms with Gasteiger partial charge < -0.3 is 5.73 Å². The summed E-state index contributed by atoms with van der Waals surface area (Å²) in [4.78, 5) is 13.2. The summed E-state index contributed by atoms with van der Waals surface area (Å²) in [6.45, 7) is 4.42. The van der Waals surface area contributed by atoms with E-state index < -0.39 is 0 Å². The first-order chi connectivity index (χ1) is 12.1. The molecule has 0 saturated heterocycles. The maximum atomic E-state index is 13.2. The molecule has 2 heteroatoms. The first-order valence-electron chi connectivity index (χ1n) is 9.62. The molecule has 0 aliphatic heterocycles. The number of carbonyl (C=O) groups excluding carboxylic acids is 1. The lowest BCUT2D eigenvalue weighted by Crippen LogP contribution is -2.50. The van der Waals surface area contributed by atoms with E-state index in [0.29, 0.717) is 11.8 Å². The second-order valence-corrected chi connectivity index (χ2v) is 7.76. The van der Waals surface area contributed by atoms with Gasteiger partial charge in [0.15, 0.2) is 5.78 Å². The molecule has 2 unspecified atom stereocenters. The summed E-state index contributed by atoms with van der Waals surface area (Å²) >= 11 is 0. The van der Waals surface area contributed by atoms with Gasteiger partial charge in [0, 0.05) is 16.7 Å². The van der Waals surface area contributed by atoms with Crippen molar-refractivity contribution in [3.05, 3.63) is 70.3 Å². The Kier molecular flexibility index (Phi) is 4.04. The van der Waals surface area contributed by atoms with Gasteiger partial charge in [-0.1, -0.05) is 56.3 Å². The predicted molar refractivity (Wildman–Crippen MR) is 102 cm³/mol. The molecule has 2 N–H and O–H groups in total. The second kappa shape index (κ2) is 6.10. The van der Waals surface area contributed by atoms with Crippen molar-refractivity contribution >= 4 is 5.78 Å². The fraction of sp³-hybridized carbons (Fsp3) is 0.435. The number of aryl methyl sites for hydroxylation is 1. The lowest BCUT2D eigenvalue weighted by Gasteiger charge is -2.45. The number of hydrogen-bond acceptors (Lipinski definition) is 2. The molecule has 0 saturated carbocycles. The third-order valence-electron chi connectivity index (χ3n) is 6.78. The molecule has 2 aliphatic carbocycles. The van der Waals surface area contributed by atoms with Crippen LogP contribution in [-0.4, -0.2) is 11.3 Å². The van der Waals surface area contributed by atoms with Crippen molar-refractivity contribution in [2.45, 2.75) is 57.4 Å². The van der Waals surface area contributed by atoms with Gasteiger partial charge in [0.05, 0.1) is 0 Å². The monoisotopic (exact) mass is 333 g/mol. The molecule has 0 spiro atoms. The second-order valence-electron chi connectivity index (χ2n) is 7.76. The third-order valence-corrected chi connectivity index (χ3v) is 6.78. The van der Waals surface area contributed by atoms with Crippen molar-refractivity contribution in [3.63, 3.8) is 0 Å². The van der Waals surface area contributed by atoms with E-state index in [2.05, 4.69) is 32.0 Å². The summed E-state index contributed by atoms with van der Waals surface area (Å²) in [6.07, 6.45) is 5.05. The van der Waals surface area contributed by atoms with Gasteiger partial charge in [-0.25, -0.2) is 0 Å². The fourth-order valence-electron chi connectivity index (χ4n) is 5.19. The van der Waals surface area contributed by atoms with Gasteiger partial charge in [-0.2, -0.15) is 0 Å². The smallest absolute Gasteiger partial charge is 0.193 e. The number of hydrogen-bond donors (Lipinski definition) is 1. The lowest BCUT2D eigenvalue weighted by atomic mass is 9.63. The Morgan fingerprint density at radius 1 is 1.00 bits per heavy atom. The molecule has 2 aliphatic rings. The number of carbonyl (C=O) groups is 1. The topological polar surface area (TPSA) is 43.1 Å². The van der Waals surface area contributed by atoms with Crippen molar-refractivity contribution in [2.24, 2.45) is 11.7 Å². The molecular weight excluding hydrogens is 306 g/mol. The van der Waals surface area contributed by atoms with Crippen LogP contribution < -0.4 is 5.73 Å². The van der Waals surface area contributed by atoms with Gasteiger partial charge in [-0.3, -0.25) is 4.79 Å². The molecule has 0 aromatic heterocycles. The minimum Gasteiger partial charge on any atom is -0.325 e. The largest absolute Gasteiger partial charge is 0.325 e. The molecule has 130 valence electrons. The van der Waals surface area contributed by atoms with Crippen molar-refractivity contribution < 1.29 is 4.79 Å². The molecule has 0 heterocycles. The molecule has 2 aromatic rings. The number of rotatable bonds is 3. The van der Waals surface area contributed by atoms with Gasteiger partial charge in [-0.15, -0.1) is 0 Å². The van der Waals surface area contributed by atoms with E-state index >= 15 is 0 Å². The van der Waals surface area contributed by atoms with Crippen LogP contribution in [0.5, 0.6) is 0 Å².